The van der Waals surface area contributed by atoms with Gasteiger partial charge in [-0.1, -0.05) is 0 Å². The molecule has 29 heavy (non-hydrogen) atoms. The molecule has 0 aromatic carbocycles. The molecule has 1 aliphatic rings. The first-order chi connectivity index (χ1) is 13.8. The Labute approximate surface area is 173 Å². The number of nitrogens with one attached hydrogen (secondary N) is 2. The first kappa shape index (κ1) is 22.7. The molecule has 9 heteroatoms. The molecule has 2 amide bonds. The molecule has 0 spiro atoms. The summed E-state index contributed by atoms with van der Waals surface area (Å²) in [5, 5.41) is 6.28. The lowest BCUT2D eigenvalue weighted by molar-refractivity contribution is -0.127. The van der Waals surface area contributed by atoms with Gasteiger partial charge in [-0.05, 0) is 26.0 Å². The standard InChI is InChI=1S/C20H34N6O3/c1-16(2)23-18(27)15-25-9-11-26(12-10-25)20(22-14-19(28)24(3)4)21-8-7-17-6-5-13-29-17/h5-6,13,16H,7-12,14-15H2,1-4H3,(H,21,22)(H,23,27). The molecule has 0 saturated carbocycles. The molecule has 1 saturated heterocycles. The van der Waals surface area contributed by atoms with Crippen molar-refractivity contribution in [2.75, 3.05) is 59.9 Å². The van der Waals surface area contributed by atoms with Crippen molar-refractivity contribution in [2.24, 2.45) is 4.99 Å². The van der Waals surface area contributed by atoms with E-state index in [0.717, 1.165) is 44.3 Å². The lowest BCUT2D eigenvalue weighted by atomic mass is 10.3. The Morgan fingerprint density at radius 2 is 1.97 bits per heavy atom. The van der Waals surface area contributed by atoms with Crippen LogP contribution in [-0.2, 0) is 16.0 Å². The quantitative estimate of drug-likeness (QED) is 0.466. The van der Waals surface area contributed by atoms with Crippen molar-refractivity contribution >= 4 is 17.8 Å². The highest BCUT2D eigenvalue weighted by Gasteiger charge is 2.22. The summed E-state index contributed by atoms with van der Waals surface area (Å²) in [7, 11) is 3.45. The van der Waals surface area contributed by atoms with Crippen LogP contribution in [0.4, 0.5) is 0 Å². The van der Waals surface area contributed by atoms with Gasteiger partial charge < -0.3 is 24.9 Å². The van der Waals surface area contributed by atoms with Gasteiger partial charge in [0.15, 0.2) is 5.96 Å². The van der Waals surface area contributed by atoms with E-state index in [9.17, 15) is 9.59 Å². The summed E-state index contributed by atoms with van der Waals surface area (Å²) in [6.07, 6.45) is 2.40. The van der Waals surface area contributed by atoms with E-state index in [-0.39, 0.29) is 24.4 Å². The van der Waals surface area contributed by atoms with Crippen LogP contribution in [0.15, 0.2) is 27.8 Å². The van der Waals surface area contributed by atoms with Crippen LogP contribution in [0.2, 0.25) is 0 Å². The zero-order valence-corrected chi connectivity index (χ0v) is 18.0. The number of amides is 2. The van der Waals surface area contributed by atoms with E-state index in [4.69, 9.17) is 4.42 Å². The lowest BCUT2D eigenvalue weighted by Gasteiger charge is -2.36. The zero-order chi connectivity index (χ0) is 21.2. The van der Waals surface area contributed by atoms with Gasteiger partial charge in [0.05, 0.1) is 12.8 Å². The Hall–Kier alpha value is -2.55. The molecule has 1 aliphatic heterocycles. The maximum atomic E-state index is 12.0. The molecule has 162 valence electrons. The van der Waals surface area contributed by atoms with Crippen molar-refractivity contribution in [3.8, 4) is 0 Å². The summed E-state index contributed by atoms with van der Waals surface area (Å²) < 4.78 is 5.37. The number of carbonyl (C=O) groups excluding carboxylic acids is 2. The van der Waals surface area contributed by atoms with Crippen molar-refractivity contribution in [3.63, 3.8) is 0 Å². The SMILES string of the molecule is CC(C)NC(=O)CN1CCN(C(=NCC(=O)N(C)C)NCCc2ccco2)CC1. The number of hydrogen-bond donors (Lipinski definition) is 2. The van der Waals surface area contributed by atoms with E-state index >= 15 is 0 Å². The molecule has 0 unspecified atom stereocenters. The van der Waals surface area contributed by atoms with Gasteiger partial charge in [0.2, 0.25) is 11.8 Å². The molecule has 0 aliphatic carbocycles. The van der Waals surface area contributed by atoms with E-state index in [1.807, 2.05) is 26.0 Å². The molecule has 2 rings (SSSR count). The van der Waals surface area contributed by atoms with E-state index in [0.29, 0.717) is 13.1 Å². The molecule has 0 bridgehead atoms. The Morgan fingerprint density at radius 1 is 1.24 bits per heavy atom. The van der Waals surface area contributed by atoms with Crippen LogP contribution >= 0.6 is 0 Å². The second kappa shape index (κ2) is 11.5. The normalized spacial score (nSPS) is 15.5. The summed E-state index contributed by atoms with van der Waals surface area (Å²) in [6, 6.07) is 3.96. The third kappa shape index (κ3) is 8.15. The van der Waals surface area contributed by atoms with E-state index < -0.39 is 0 Å². The fourth-order valence-electron chi connectivity index (χ4n) is 2.99. The number of carbonyl (C=O) groups is 2. The number of furan rings is 1. The number of hydrogen-bond acceptors (Lipinski definition) is 5. The van der Waals surface area contributed by atoms with Crippen molar-refractivity contribution < 1.29 is 14.0 Å². The topological polar surface area (TPSA) is 93.4 Å². The van der Waals surface area contributed by atoms with E-state index in [2.05, 4.69) is 25.4 Å². The van der Waals surface area contributed by atoms with Crippen molar-refractivity contribution in [2.45, 2.75) is 26.3 Å². The number of likely N-dealkylation sites (N-methyl/N-ethyl adjacent to an activating group) is 1. The number of aliphatic imine (C=N–C) groups is 1. The highest BCUT2D eigenvalue weighted by molar-refractivity contribution is 5.85. The first-order valence-corrected chi connectivity index (χ1v) is 10.1. The molecule has 2 N–H and O–H groups in total. The van der Waals surface area contributed by atoms with Crippen molar-refractivity contribution in [3.05, 3.63) is 24.2 Å². The summed E-state index contributed by atoms with van der Waals surface area (Å²) in [5.74, 6) is 1.63. The van der Waals surface area contributed by atoms with Gasteiger partial charge in [-0.25, -0.2) is 4.99 Å². The summed E-state index contributed by atoms with van der Waals surface area (Å²) in [5.41, 5.74) is 0. The highest BCUT2D eigenvalue weighted by Crippen LogP contribution is 2.04. The van der Waals surface area contributed by atoms with Crippen LogP contribution in [0.3, 0.4) is 0 Å². The smallest absolute Gasteiger partial charge is 0.243 e. The average molecular weight is 407 g/mol. The van der Waals surface area contributed by atoms with Gasteiger partial charge in [0.1, 0.15) is 12.3 Å². The molecule has 1 fully saturated rings. The molecule has 2 heterocycles. The molecule has 1 aromatic heterocycles. The van der Waals surface area contributed by atoms with Gasteiger partial charge in [-0.2, -0.15) is 0 Å². The zero-order valence-electron chi connectivity index (χ0n) is 18.0. The third-order valence-electron chi connectivity index (χ3n) is 4.59. The fraction of sp³-hybridized carbons (Fsp3) is 0.650. The predicted octanol–water partition coefficient (Wildman–Crippen LogP) is -0.00190. The van der Waals surface area contributed by atoms with Crippen molar-refractivity contribution in [1.82, 2.24) is 25.3 Å². The monoisotopic (exact) mass is 406 g/mol. The molecule has 9 nitrogen and oxygen atoms in total. The molecular weight excluding hydrogens is 372 g/mol. The second-order valence-corrected chi connectivity index (χ2v) is 7.67. The second-order valence-electron chi connectivity index (χ2n) is 7.67. The summed E-state index contributed by atoms with van der Waals surface area (Å²) in [6.45, 7) is 8.13. The number of piperazine rings is 1. The molecule has 0 radical (unpaired) electrons. The van der Waals surface area contributed by atoms with E-state index in [1.165, 1.54) is 4.90 Å². The minimum atomic E-state index is -0.0423. The van der Waals surface area contributed by atoms with Crippen LogP contribution in [0.1, 0.15) is 19.6 Å². The Balaban J connectivity index is 1.89. The number of nitrogens with zero attached hydrogens (tertiary/aromatic N) is 4. The minimum Gasteiger partial charge on any atom is -0.469 e. The molecular formula is C20H34N6O3. The summed E-state index contributed by atoms with van der Waals surface area (Å²) >= 11 is 0. The van der Waals surface area contributed by atoms with Gasteiger partial charge in [-0.3, -0.25) is 14.5 Å². The highest BCUT2D eigenvalue weighted by atomic mass is 16.3. The Morgan fingerprint density at radius 3 is 2.55 bits per heavy atom. The van der Waals surface area contributed by atoms with E-state index in [1.54, 1.807) is 20.4 Å². The van der Waals surface area contributed by atoms with Gasteiger partial charge in [0.25, 0.3) is 0 Å². The Kier molecular flexibility index (Phi) is 8.98. The number of guanidine groups is 1. The first-order valence-electron chi connectivity index (χ1n) is 10.1. The predicted molar refractivity (Wildman–Crippen MR) is 113 cm³/mol. The average Bonchev–Trinajstić information content (AvgIpc) is 3.17. The minimum absolute atomic E-state index is 0.0423. The van der Waals surface area contributed by atoms with Crippen LogP contribution in [-0.4, -0.2) is 98.4 Å². The molecule has 1 aromatic rings. The fourth-order valence-corrected chi connectivity index (χ4v) is 2.99. The molecule has 0 atom stereocenters. The Bertz CT molecular complexity index is 664. The third-order valence-corrected chi connectivity index (χ3v) is 4.59. The van der Waals surface area contributed by atoms with Gasteiger partial charge >= 0.3 is 0 Å². The van der Waals surface area contributed by atoms with Crippen LogP contribution in [0, 0.1) is 0 Å². The van der Waals surface area contributed by atoms with Gasteiger partial charge in [0, 0.05) is 59.3 Å². The lowest BCUT2D eigenvalue weighted by Crippen LogP contribution is -2.54. The van der Waals surface area contributed by atoms with Crippen LogP contribution in [0.5, 0.6) is 0 Å². The van der Waals surface area contributed by atoms with Crippen molar-refractivity contribution in [1.29, 1.82) is 0 Å². The number of rotatable bonds is 8. The van der Waals surface area contributed by atoms with Gasteiger partial charge in [-0.15, -0.1) is 0 Å². The summed E-state index contributed by atoms with van der Waals surface area (Å²) in [4.78, 5) is 34.3. The largest absolute Gasteiger partial charge is 0.469 e. The maximum Gasteiger partial charge on any atom is 0.243 e. The maximum absolute atomic E-state index is 12.0. The van der Waals surface area contributed by atoms with Crippen LogP contribution in [0.25, 0.3) is 0 Å². The van der Waals surface area contributed by atoms with Crippen LogP contribution < -0.4 is 10.6 Å².